The summed E-state index contributed by atoms with van der Waals surface area (Å²) in [5.74, 6) is 0.844. The Bertz CT molecular complexity index is 455. The molecule has 1 aromatic carbocycles. The average molecular weight is 258 g/mol. The summed E-state index contributed by atoms with van der Waals surface area (Å²) in [6.07, 6.45) is 8.05. The van der Waals surface area contributed by atoms with E-state index in [1.807, 2.05) is 0 Å². The molecule has 0 aromatic heterocycles. The molecule has 0 amide bonds. The molecule has 104 valence electrons. The van der Waals surface area contributed by atoms with Crippen LogP contribution in [0, 0.1) is 5.92 Å². The van der Waals surface area contributed by atoms with Crippen molar-refractivity contribution in [3.8, 4) is 0 Å². The first kappa shape index (κ1) is 13.0. The van der Waals surface area contributed by atoms with Gasteiger partial charge < -0.3 is 5.73 Å². The molecule has 0 heterocycles. The molecule has 3 rings (SSSR count). The molecule has 2 aliphatic rings. The number of nitrogens with two attached hydrogens (primary N) is 1. The van der Waals surface area contributed by atoms with Gasteiger partial charge in [0.1, 0.15) is 0 Å². The van der Waals surface area contributed by atoms with Crippen LogP contribution in [0.1, 0.15) is 56.2 Å². The molecule has 2 aliphatic carbocycles. The van der Waals surface area contributed by atoms with Gasteiger partial charge in [-0.25, -0.2) is 0 Å². The highest BCUT2D eigenvalue weighted by molar-refractivity contribution is 5.47. The van der Waals surface area contributed by atoms with Gasteiger partial charge in [-0.05, 0) is 61.9 Å². The predicted molar refractivity (Wildman–Crippen MR) is 81.1 cm³/mol. The van der Waals surface area contributed by atoms with E-state index in [9.17, 15) is 0 Å². The van der Waals surface area contributed by atoms with Crippen LogP contribution in [0.3, 0.4) is 0 Å². The fourth-order valence-corrected chi connectivity index (χ4v) is 4.17. The van der Waals surface area contributed by atoms with E-state index in [4.69, 9.17) is 5.73 Å². The maximum absolute atomic E-state index is 5.90. The number of rotatable bonds is 2. The second kappa shape index (κ2) is 5.16. The highest BCUT2D eigenvalue weighted by Gasteiger charge is 2.33. The minimum atomic E-state index is 0.612. The van der Waals surface area contributed by atoms with Crippen molar-refractivity contribution in [1.82, 2.24) is 4.90 Å². The van der Waals surface area contributed by atoms with E-state index in [0.717, 1.165) is 17.6 Å². The third-order valence-electron chi connectivity index (χ3n) is 5.29. The monoisotopic (exact) mass is 258 g/mol. The van der Waals surface area contributed by atoms with Crippen LogP contribution < -0.4 is 5.73 Å². The van der Waals surface area contributed by atoms with Crippen LogP contribution in [0.2, 0.25) is 0 Å². The van der Waals surface area contributed by atoms with Gasteiger partial charge >= 0.3 is 0 Å². The van der Waals surface area contributed by atoms with E-state index in [2.05, 4.69) is 37.1 Å². The van der Waals surface area contributed by atoms with E-state index < -0.39 is 0 Å². The molecular weight excluding hydrogens is 232 g/mol. The van der Waals surface area contributed by atoms with Gasteiger partial charge in [-0.15, -0.1) is 0 Å². The van der Waals surface area contributed by atoms with Crippen molar-refractivity contribution in [3.05, 3.63) is 29.3 Å². The number of nitrogens with zero attached hydrogens (tertiary/aromatic N) is 1. The summed E-state index contributed by atoms with van der Waals surface area (Å²) >= 11 is 0. The van der Waals surface area contributed by atoms with Crippen molar-refractivity contribution in [2.24, 2.45) is 5.92 Å². The summed E-state index contributed by atoms with van der Waals surface area (Å²) < 4.78 is 0. The molecule has 1 fully saturated rings. The summed E-state index contributed by atoms with van der Waals surface area (Å²) in [4.78, 5) is 2.66. The van der Waals surface area contributed by atoms with Gasteiger partial charge in [0.25, 0.3) is 0 Å². The Kier molecular flexibility index (Phi) is 3.53. The third-order valence-corrected chi connectivity index (χ3v) is 5.29. The zero-order chi connectivity index (χ0) is 13.4. The third kappa shape index (κ3) is 2.38. The topological polar surface area (TPSA) is 29.3 Å². The van der Waals surface area contributed by atoms with E-state index in [0.29, 0.717) is 6.04 Å². The second-order valence-corrected chi connectivity index (χ2v) is 6.51. The molecule has 3 unspecified atom stereocenters. The zero-order valence-corrected chi connectivity index (χ0v) is 12.2. The van der Waals surface area contributed by atoms with Crippen LogP contribution in [0.5, 0.6) is 0 Å². The molecule has 3 atom stereocenters. The van der Waals surface area contributed by atoms with Crippen molar-refractivity contribution < 1.29 is 0 Å². The van der Waals surface area contributed by atoms with Crippen molar-refractivity contribution in [2.75, 3.05) is 12.8 Å². The molecule has 2 nitrogen and oxygen atoms in total. The lowest BCUT2D eigenvalue weighted by atomic mass is 9.84. The fourth-order valence-electron chi connectivity index (χ4n) is 4.17. The first-order valence-electron chi connectivity index (χ1n) is 7.77. The summed E-state index contributed by atoms with van der Waals surface area (Å²) in [5.41, 5.74) is 9.81. The van der Waals surface area contributed by atoms with Gasteiger partial charge in [0.05, 0.1) is 0 Å². The lowest BCUT2D eigenvalue weighted by Crippen LogP contribution is -2.40. The summed E-state index contributed by atoms with van der Waals surface area (Å²) in [6.45, 7) is 2.43. The van der Waals surface area contributed by atoms with Crippen molar-refractivity contribution in [2.45, 2.75) is 57.5 Å². The highest BCUT2D eigenvalue weighted by atomic mass is 15.2. The van der Waals surface area contributed by atoms with Crippen LogP contribution in [-0.4, -0.2) is 18.0 Å². The van der Waals surface area contributed by atoms with Crippen molar-refractivity contribution in [1.29, 1.82) is 0 Å². The number of nitrogen functional groups attached to an aromatic ring is 1. The maximum Gasteiger partial charge on any atom is 0.0354 e. The lowest BCUT2D eigenvalue weighted by Gasteiger charge is -2.40. The summed E-state index contributed by atoms with van der Waals surface area (Å²) in [6, 6.07) is 7.87. The Morgan fingerprint density at radius 3 is 2.74 bits per heavy atom. The van der Waals surface area contributed by atoms with Crippen LogP contribution in [0.4, 0.5) is 5.69 Å². The number of hydrogen-bond acceptors (Lipinski definition) is 2. The van der Waals surface area contributed by atoms with Gasteiger partial charge in [0, 0.05) is 17.8 Å². The standard InChI is InChI=1S/C17H26N2/c1-12-5-3-4-6-16(12)19(2)17-10-7-13-11-14(18)8-9-15(13)17/h8-9,11-12,16-17H,3-7,10,18H2,1-2H3. The molecule has 2 N–H and O–H groups in total. The van der Waals surface area contributed by atoms with Gasteiger partial charge in [-0.3, -0.25) is 4.90 Å². The quantitative estimate of drug-likeness (QED) is 0.818. The molecule has 1 saturated carbocycles. The molecule has 0 bridgehead atoms. The number of anilines is 1. The largest absolute Gasteiger partial charge is 0.399 e. The molecule has 0 radical (unpaired) electrons. The van der Waals surface area contributed by atoms with Crippen LogP contribution in [0.25, 0.3) is 0 Å². The second-order valence-electron chi connectivity index (χ2n) is 6.51. The van der Waals surface area contributed by atoms with Gasteiger partial charge in [-0.2, -0.15) is 0 Å². The lowest BCUT2D eigenvalue weighted by molar-refractivity contribution is 0.0964. The predicted octanol–water partition coefficient (Wildman–Crippen LogP) is 3.77. The molecular formula is C17H26N2. The molecule has 0 saturated heterocycles. The average Bonchev–Trinajstić information content (AvgIpc) is 2.81. The smallest absolute Gasteiger partial charge is 0.0354 e. The van der Waals surface area contributed by atoms with E-state index in [1.165, 1.54) is 49.7 Å². The van der Waals surface area contributed by atoms with E-state index in [-0.39, 0.29) is 0 Å². The fraction of sp³-hybridized carbons (Fsp3) is 0.647. The maximum atomic E-state index is 5.90. The van der Waals surface area contributed by atoms with Crippen molar-refractivity contribution in [3.63, 3.8) is 0 Å². The summed E-state index contributed by atoms with van der Waals surface area (Å²) in [5, 5.41) is 0. The number of fused-ring (bicyclic) bond motifs is 1. The molecule has 19 heavy (non-hydrogen) atoms. The molecule has 0 spiro atoms. The van der Waals surface area contributed by atoms with Crippen molar-refractivity contribution >= 4 is 5.69 Å². The minimum absolute atomic E-state index is 0.612. The molecule has 1 aromatic rings. The first-order valence-corrected chi connectivity index (χ1v) is 7.77. The van der Waals surface area contributed by atoms with Gasteiger partial charge in [0.15, 0.2) is 0 Å². The molecule has 0 aliphatic heterocycles. The highest BCUT2D eigenvalue weighted by Crippen LogP contribution is 2.40. The number of aryl methyl sites for hydroxylation is 1. The normalized spacial score (nSPS) is 30.6. The van der Waals surface area contributed by atoms with Crippen LogP contribution in [0.15, 0.2) is 18.2 Å². The molecule has 2 heteroatoms. The summed E-state index contributed by atoms with van der Waals surface area (Å²) in [7, 11) is 2.34. The number of benzene rings is 1. The van der Waals surface area contributed by atoms with Gasteiger partial charge in [0.2, 0.25) is 0 Å². The van der Waals surface area contributed by atoms with Gasteiger partial charge in [-0.1, -0.05) is 25.8 Å². The van der Waals surface area contributed by atoms with E-state index >= 15 is 0 Å². The zero-order valence-electron chi connectivity index (χ0n) is 12.2. The Balaban J connectivity index is 1.80. The first-order chi connectivity index (χ1) is 9.16. The van der Waals surface area contributed by atoms with Crippen LogP contribution >= 0.6 is 0 Å². The van der Waals surface area contributed by atoms with E-state index in [1.54, 1.807) is 0 Å². The minimum Gasteiger partial charge on any atom is -0.399 e. The Morgan fingerprint density at radius 2 is 1.95 bits per heavy atom. The Morgan fingerprint density at radius 1 is 1.16 bits per heavy atom. The Hall–Kier alpha value is -1.02. The SMILES string of the molecule is CC1CCCCC1N(C)C1CCc2cc(N)ccc21. The number of hydrogen-bond donors (Lipinski definition) is 1. The van der Waals surface area contributed by atoms with Crippen LogP contribution in [-0.2, 0) is 6.42 Å². The Labute approximate surface area is 117 Å².